The first-order chi connectivity index (χ1) is 7.93. The van der Waals surface area contributed by atoms with Crippen LogP contribution in [0.4, 0.5) is 0 Å². The topological polar surface area (TPSA) is 64.3 Å². The number of ether oxygens (including phenoxy) is 1. The fraction of sp³-hybridized carbons (Fsp3) is 0.462. The summed E-state index contributed by atoms with van der Waals surface area (Å²) in [7, 11) is 1.64. The Balaban J connectivity index is 2.43. The largest absolute Gasteiger partial charge is 0.497 e. The first-order valence-electron chi connectivity index (χ1n) is 5.63. The van der Waals surface area contributed by atoms with Crippen LogP contribution < -0.4 is 15.8 Å². The molecule has 0 spiro atoms. The van der Waals surface area contributed by atoms with Gasteiger partial charge in [0.25, 0.3) is 0 Å². The van der Waals surface area contributed by atoms with Gasteiger partial charge in [-0.25, -0.2) is 0 Å². The van der Waals surface area contributed by atoms with Gasteiger partial charge in [-0.3, -0.25) is 4.79 Å². The molecular weight excluding hydrogens is 216 g/mol. The van der Waals surface area contributed by atoms with Gasteiger partial charge in [0, 0.05) is 6.54 Å². The Morgan fingerprint density at radius 1 is 1.47 bits per heavy atom. The molecule has 17 heavy (non-hydrogen) atoms. The van der Waals surface area contributed by atoms with Crippen LogP contribution in [0.5, 0.6) is 5.75 Å². The predicted octanol–water partition coefficient (Wildman–Crippen LogP) is 1.09. The minimum Gasteiger partial charge on any atom is -0.497 e. The maximum atomic E-state index is 11.5. The lowest BCUT2D eigenvalue weighted by Gasteiger charge is -2.17. The van der Waals surface area contributed by atoms with Crippen LogP contribution in [-0.2, 0) is 11.2 Å². The number of rotatable bonds is 5. The van der Waals surface area contributed by atoms with E-state index in [2.05, 4.69) is 5.32 Å². The summed E-state index contributed by atoms with van der Waals surface area (Å²) in [6.07, 6.45) is 0.763. The Kier molecular flexibility index (Phi) is 4.52. The molecule has 0 aliphatic rings. The lowest BCUT2D eigenvalue weighted by molar-refractivity contribution is -0.125. The molecule has 1 amide bonds. The minimum atomic E-state index is -0.825. The zero-order chi connectivity index (χ0) is 12.9. The summed E-state index contributed by atoms with van der Waals surface area (Å²) in [6, 6.07) is 7.79. The number of carbonyl (C=O) groups is 1. The van der Waals surface area contributed by atoms with Gasteiger partial charge in [0.2, 0.25) is 5.91 Å². The van der Waals surface area contributed by atoms with E-state index < -0.39 is 5.54 Å². The molecule has 0 aliphatic carbocycles. The first-order valence-corrected chi connectivity index (χ1v) is 5.63. The SMILES string of the molecule is COc1cccc(CCNC(=O)C(C)(C)N)c1. The van der Waals surface area contributed by atoms with Crippen LogP contribution >= 0.6 is 0 Å². The molecule has 0 fully saturated rings. The molecule has 4 nitrogen and oxygen atoms in total. The van der Waals surface area contributed by atoms with Crippen molar-refractivity contribution >= 4 is 5.91 Å². The Morgan fingerprint density at radius 2 is 2.18 bits per heavy atom. The molecule has 0 bridgehead atoms. The van der Waals surface area contributed by atoms with Gasteiger partial charge in [-0.15, -0.1) is 0 Å². The van der Waals surface area contributed by atoms with Gasteiger partial charge in [-0.1, -0.05) is 12.1 Å². The van der Waals surface area contributed by atoms with Crippen molar-refractivity contribution in [2.75, 3.05) is 13.7 Å². The van der Waals surface area contributed by atoms with Crippen molar-refractivity contribution in [1.82, 2.24) is 5.32 Å². The number of nitrogens with one attached hydrogen (secondary N) is 1. The summed E-state index contributed by atoms with van der Waals surface area (Å²) in [5, 5.41) is 2.80. The van der Waals surface area contributed by atoms with Gasteiger partial charge in [0.05, 0.1) is 12.6 Å². The third-order valence-electron chi connectivity index (χ3n) is 2.42. The summed E-state index contributed by atoms with van der Waals surface area (Å²) < 4.78 is 5.13. The summed E-state index contributed by atoms with van der Waals surface area (Å²) in [6.45, 7) is 3.95. The molecule has 0 atom stereocenters. The van der Waals surface area contributed by atoms with E-state index in [1.54, 1.807) is 21.0 Å². The van der Waals surface area contributed by atoms with Crippen LogP contribution in [0.25, 0.3) is 0 Å². The summed E-state index contributed by atoms with van der Waals surface area (Å²) in [5.74, 6) is 0.688. The highest BCUT2D eigenvalue weighted by Gasteiger charge is 2.20. The number of nitrogens with two attached hydrogens (primary N) is 1. The van der Waals surface area contributed by atoms with Crippen LogP contribution in [0.3, 0.4) is 0 Å². The second kappa shape index (κ2) is 5.68. The Hall–Kier alpha value is -1.55. The van der Waals surface area contributed by atoms with Gasteiger partial charge in [-0.05, 0) is 38.0 Å². The van der Waals surface area contributed by atoms with Gasteiger partial charge >= 0.3 is 0 Å². The first kappa shape index (κ1) is 13.5. The van der Waals surface area contributed by atoms with E-state index in [0.717, 1.165) is 17.7 Å². The molecule has 4 heteroatoms. The molecule has 0 radical (unpaired) electrons. The zero-order valence-electron chi connectivity index (χ0n) is 10.6. The fourth-order valence-electron chi connectivity index (χ4n) is 1.38. The van der Waals surface area contributed by atoms with Crippen LogP contribution in [0.2, 0.25) is 0 Å². The Bertz CT molecular complexity index is 383. The van der Waals surface area contributed by atoms with E-state index >= 15 is 0 Å². The van der Waals surface area contributed by atoms with Crippen molar-refractivity contribution in [2.24, 2.45) is 5.73 Å². The molecular formula is C13H20N2O2. The highest BCUT2D eigenvalue weighted by Crippen LogP contribution is 2.12. The number of carbonyl (C=O) groups excluding carboxylic acids is 1. The maximum absolute atomic E-state index is 11.5. The lowest BCUT2D eigenvalue weighted by Crippen LogP contribution is -2.49. The normalized spacial score (nSPS) is 11.1. The van der Waals surface area contributed by atoms with E-state index in [9.17, 15) is 4.79 Å². The number of amides is 1. The highest BCUT2D eigenvalue weighted by atomic mass is 16.5. The molecule has 1 aromatic carbocycles. The van der Waals surface area contributed by atoms with Crippen LogP contribution in [0.1, 0.15) is 19.4 Å². The second-order valence-electron chi connectivity index (χ2n) is 4.58. The smallest absolute Gasteiger partial charge is 0.239 e. The van der Waals surface area contributed by atoms with Crippen molar-refractivity contribution < 1.29 is 9.53 Å². The number of benzene rings is 1. The third kappa shape index (κ3) is 4.44. The molecule has 0 unspecified atom stereocenters. The van der Waals surface area contributed by atoms with Crippen molar-refractivity contribution in [1.29, 1.82) is 0 Å². The van der Waals surface area contributed by atoms with E-state index in [4.69, 9.17) is 10.5 Å². The maximum Gasteiger partial charge on any atom is 0.239 e. The third-order valence-corrected chi connectivity index (χ3v) is 2.42. The van der Waals surface area contributed by atoms with Crippen LogP contribution in [0, 0.1) is 0 Å². The average Bonchev–Trinajstić information content (AvgIpc) is 2.28. The molecule has 0 aliphatic heterocycles. The Morgan fingerprint density at radius 3 is 2.76 bits per heavy atom. The molecule has 1 rings (SSSR count). The van der Waals surface area contributed by atoms with E-state index in [-0.39, 0.29) is 5.91 Å². The van der Waals surface area contributed by atoms with Crippen molar-refractivity contribution in [2.45, 2.75) is 25.8 Å². The quantitative estimate of drug-likeness (QED) is 0.804. The molecule has 0 saturated heterocycles. The lowest BCUT2D eigenvalue weighted by atomic mass is 10.1. The molecule has 94 valence electrons. The second-order valence-corrected chi connectivity index (χ2v) is 4.58. The molecule has 0 aromatic heterocycles. The molecule has 0 saturated carbocycles. The van der Waals surface area contributed by atoms with Crippen LogP contribution in [0.15, 0.2) is 24.3 Å². The van der Waals surface area contributed by atoms with E-state index in [1.807, 2.05) is 24.3 Å². The number of hydrogen-bond acceptors (Lipinski definition) is 3. The summed E-state index contributed by atoms with van der Waals surface area (Å²) in [4.78, 5) is 11.5. The summed E-state index contributed by atoms with van der Waals surface area (Å²) in [5.41, 5.74) is 5.97. The summed E-state index contributed by atoms with van der Waals surface area (Å²) >= 11 is 0. The number of methoxy groups -OCH3 is 1. The molecule has 1 aromatic rings. The van der Waals surface area contributed by atoms with Gasteiger partial charge in [0.1, 0.15) is 5.75 Å². The fourth-order valence-corrected chi connectivity index (χ4v) is 1.38. The zero-order valence-corrected chi connectivity index (χ0v) is 10.6. The van der Waals surface area contributed by atoms with Crippen molar-refractivity contribution in [3.05, 3.63) is 29.8 Å². The standard InChI is InChI=1S/C13H20N2O2/c1-13(2,14)12(16)15-8-7-10-5-4-6-11(9-10)17-3/h4-6,9H,7-8,14H2,1-3H3,(H,15,16). The molecule has 3 N–H and O–H groups in total. The van der Waals surface area contributed by atoms with Gasteiger partial charge in [-0.2, -0.15) is 0 Å². The average molecular weight is 236 g/mol. The molecule has 0 heterocycles. The van der Waals surface area contributed by atoms with E-state index in [0.29, 0.717) is 6.54 Å². The van der Waals surface area contributed by atoms with Crippen LogP contribution in [-0.4, -0.2) is 25.1 Å². The Labute approximate surface area is 102 Å². The monoisotopic (exact) mass is 236 g/mol. The van der Waals surface area contributed by atoms with Crippen molar-refractivity contribution in [3.8, 4) is 5.75 Å². The van der Waals surface area contributed by atoms with E-state index in [1.165, 1.54) is 0 Å². The van der Waals surface area contributed by atoms with Gasteiger partial charge in [0.15, 0.2) is 0 Å². The van der Waals surface area contributed by atoms with Crippen molar-refractivity contribution in [3.63, 3.8) is 0 Å². The predicted molar refractivity (Wildman–Crippen MR) is 68.0 cm³/mol. The minimum absolute atomic E-state index is 0.139. The highest BCUT2D eigenvalue weighted by molar-refractivity contribution is 5.84. The number of hydrogen-bond donors (Lipinski definition) is 2. The van der Waals surface area contributed by atoms with Gasteiger partial charge < -0.3 is 15.8 Å².